The molecule has 2 aromatic rings. The maximum absolute atomic E-state index is 13.5. The van der Waals surface area contributed by atoms with E-state index in [9.17, 15) is 18.0 Å². The average molecular weight is 397 g/mol. The maximum Gasteiger partial charge on any atom is 0.434 e. The lowest BCUT2D eigenvalue weighted by atomic mass is 10.1. The van der Waals surface area contributed by atoms with Crippen molar-refractivity contribution in [1.82, 2.24) is 15.1 Å². The van der Waals surface area contributed by atoms with Crippen LogP contribution in [0.3, 0.4) is 0 Å². The lowest BCUT2D eigenvalue weighted by Crippen LogP contribution is -2.45. The number of aromatic nitrogens is 2. The van der Waals surface area contributed by atoms with Gasteiger partial charge in [0, 0.05) is 17.1 Å². The van der Waals surface area contributed by atoms with Crippen molar-refractivity contribution >= 4 is 29.9 Å². The summed E-state index contributed by atoms with van der Waals surface area (Å²) in [5.74, 6) is -0.888. The SMILES string of the molecule is CC(C)(N)CNC(=O)c1cnn(-c2ccc(Cl)cc2)c1C(F)(F)F.Cl. The molecular formula is C15H17Cl2F3N4O. The summed E-state index contributed by atoms with van der Waals surface area (Å²) in [5.41, 5.74) is 3.40. The molecular weight excluding hydrogens is 380 g/mol. The smallest absolute Gasteiger partial charge is 0.350 e. The third-order valence-electron chi connectivity index (χ3n) is 3.06. The topological polar surface area (TPSA) is 72.9 Å². The summed E-state index contributed by atoms with van der Waals surface area (Å²) in [5, 5.41) is 6.47. The van der Waals surface area contributed by atoms with Gasteiger partial charge < -0.3 is 11.1 Å². The number of nitrogens with two attached hydrogens (primary N) is 1. The second-order valence-electron chi connectivity index (χ2n) is 5.96. The summed E-state index contributed by atoms with van der Waals surface area (Å²) in [7, 11) is 0. The maximum atomic E-state index is 13.5. The Hall–Kier alpha value is -1.77. The Labute approximate surface area is 153 Å². The Morgan fingerprint density at radius 2 is 1.84 bits per heavy atom. The van der Waals surface area contributed by atoms with Gasteiger partial charge in [0.2, 0.25) is 0 Å². The van der Waals surface area contributed by atoms with Crippen molar-refractivity contribution in [3.8, 4) is 5.69 Å². The standard InChI is InChI=1S/C15H16ClF3N4O.ClH/c1-14(2,20)8-21-13(24)11-7-22-23(12(11)15(17,18)19)10-5-3-9(16)4-6-10;/h3-7H,8,20H2,1-2H3,(H,21,24);1H. The van der Waals surface area contributed by atoms with E-state index in [1.165, 1.54) is 24.3 Å². The Morgan fingerprint density at radius 3 is 2.32 bits per heavy atom. The van der Waals surface area contributed by atoms with Crippen LogP contribution < -0.4 is 11.1 Å². The number of benzene rings is 1. The zero-order chi connectivity index (χ0) is 18.1. The van der Waals surface area contributed by atoms with Crippen molar-refractivity contribution in [2.24, 2.45) is 5.73 Å². The molecule has 0 saturated heterocycles. The monoisotopic (exact) mass is 396 g/mol. The second-order valence-corrected chi connectivity index (χ2v) is 6.40. The minimum atomic E-state index is -4.76. The molecule has 0 atom stereocenters. The summed E-state index contributed by atoms with van der Waals surface area (Å²) in [6, 6.07) is 5.65. The number of hydrogen-bond acceptors (Lipinski definition) is 3. The Bertz CT molecular complexity index is 737. The van der Waals surface area contributed by atoms with Crippen LogP contribution in [-0.2, 0) is 6.18 Å². The minimum Gasteiger partial charge on any atom is -0.350 e. The quantitative estimate of drug-likeness (QED) is 0.831. The van der Waals surface area contributed by atoms with E-state index in [2.05, 4.69) is 10.4 Å². The molecule has 0 aliphatic carbocycles. The van der Waals surface area contributed by atoms with Gasteiger partial charge in [0.15, 0.2) is 5.69 Å². The van der Waals surface area contributed by atoms with E-state index in [1.54, 1.807) is 13.8 Å². The first-order valence-electron chi connectivity index (χ1n) is 6.97. The van der Waals surface area contributed by atoms with Crippen LogP contribution >= 0.6 is 24.0 Å². The third kappa shape index (κ3) is 5.35. The molecule has 1 amide bonds. The van der Waals surface area contributed by atoms with Crippen molar-refractivity contribution in [2.75, 3.05) is 6.54 Å². The third-order valence-corrected chi connectivity index (χ3v) is 3.31. The fourth-order valence-corrected chi connectivity index (χ4v) is 2.09. The van der Waals surface area contributed by atoms with Crippen LogP contribution in [0.1, 0.15) is 29.9 Å². The summed E-state index contributed by atoms with van der Waals surface area (Å²) < 4.78 is 41.0. The molecule has 0 spiro atoms. The molecule has 2 rings (SSSR count). The van der Waals surface area contributed by atoms with Crippen molar-refractivity contribution in [1.29, 1.82) is 0 Å². The van der Waals surface area contributed by atoms with Gasteiger partial charge in [-0.05, 0) is 38.1 Å². The zero-order valence-electron chi connectivity index (χ0n) is 13.4. The van der Waals surface area contributed by atoms with Gasteiger partial charge in [0.1, 0.15) is 0 Å². The van der Waals surface area contributed by atoms with E-state index in [0.29, 0.717) is 9.70 Å². The Kier molecular flexibility index (Phi) is 6.50. The number of carbonyl (C=O) groups is 1. The molecule has 138 valence electrons. The van der Waals surface area contributed by atoms with Gasteiger partial charge in [0.05, 0.1) is 17.4 Å². The fourth-order valence-electron chi connectivity index (χ4n) is 1.97. The summed E-state index contributed by atoms with van der Waals surface area (Å²) >= 11 is 5.74. The first-order valence-corrected chi connectivity index (χ1v) is 7.35. The van der Waals surface area contributed by atoms with Crippen molar-refractivity contribution in [2.45, 2.75) is 25.6 Å². The van der Waals surface area contributed by atoms with Gasteiger partial charge in [-0.15, -0.1) is 12.4 Å². The highest BCUT2D eigenvalue weighted by Crippen LogP contribution is 2.33. The molecule has 0 radical (unpaired) electrons. The highest BCUT2D eigenvalue weighted by molar-refractivity contribution is 6.30. The van der Waals surface area contributed by atoms with Crippen LogP contribution in [0.2, 0.25) is 5.02 Å². The van der Waals surface area contributed by atoms with Gasteiger partial charge in [0.25, 0.3) is 5.91 Å². The molecule has 1 heterocycles. The number of rotatable bonds is 4. The van der Waals surface area contributed by atoms with Gasteiger partial charge in [-0.2, -0.15) is 18.3 Å². The minimum absolute atomic E-state index is 0. The summed E-state index contributed by atoms with van der Waals surface area (Å²) in [6.45, 7) is 3.32. The van der Waals surface area contributed by atoms with E-state index in [-0.39, 0.29) is 24.6 Å². The number of alkyl halides is 3. The first-order chi connectivity index (χ1) is 11.0. The van der Waals surface area contributed by atoms with Gasteiger partial charge in [-0.1, -0.05) is 11.6 Å². The van der Waals surface area contributed by atoms with Crippen LogP contribution in [0, 0.1) is 0 Å². The lowest BCUT2D eigenvalue weighted by Gasteiger charge is -2.19. The van der Waals surface area contributed by atoms with Crippen molar-refractivity contribution < 1.29 is 18.0 Å². The lowest BCUT2D eigenvalue weighted by molar-refractivity contribution is -0.143. The molecule has 3 N–H and O–H groups in total. The van der Waals surface area contributed by atoms with Gasteiger partial charge in [-0.25, -0.2) is 4.68 Å². The van der Waals surface area contributed by atoms with Crippen LogP contribution in [0.25, 0.3) is 5.69 Å². The van der Waals surface area contributed by atoms with Crippen LogP contribution in [0.5, 0.6) is 0 Å². The molecule has 0 bridgehead atoms. The number of nitrogens with one attached hydrogen (secondary N) is 1. The van der Waals surface area contributed by atoms with E-state index in [4.69, 9.17) is 17.3 Å². The average Bonchev–Trinajstić information content (AvgIpc) is 2.90. The summed E-state index contributed by atoms with van der Waals surface area (Å²) in [6.07, 6.45) is -3.88. The highest BCUT2D eigenvalue weighted by Gasteiger charge is 2.40. The van der Waals surface area contributed by atoms with Gasteiger partial charge in [-0.3, -0.25) is 4.79 Å². The second kappa shape index (κ2) is 7.63. The number of carbonyl (C=O) groups excluding carboxylic acids is 1. The number of hydrogen-bond donors (Lipinski definition) is 2. The fraction of sp³-hybridized carbons (Fsp3) is 0.333. The van der Waals surface area contributed by atoms with E-state index in [0.717, 1.165) is 6.20 Å². The van der Waals surface area contributed by atoms with Crippen molar-refractivity contribution in [3.63, 3.8) is 0 Å². The molecule has 5 nitrogen and oxygen atoms in total. The molecule has 0 aliphatic heterocycles. The Morgan fingerprint density at radius 1 is 1.28 bits per heavy atom. The molecule has 0 fully saturated rings. The number of halogens is 5. The molecule has 0 unspecified atom stereocenters. The first kappa shape index (κ1) is 21.3. The molecule has 10 heteroatoms. The predicted molar refractivity (Wildman–Crippen MR) is 91.4 cm³/mol. The van der Waals surface area contributed by atoms with E-state index >= 15 is 0 Å². The summed E-state index contributed by atoms with van der Waals surface area (Å²) in [4.78, 5) is 12.1. The largest absolute Gasteiger partial charge is 0.434 e. The van der Waals surface area contributed by atoms with Crippen LogP contribution in [0.4, 0.5) is 13.2 Å². The van der Waals surface area contributed by atoms with Crippen molar-refractivity contribution in [3.05, 3.63) is 46.7 Å². The molecule has 1 aromatic heterocycles. The van der Waals surface area contributed by atoms with Crippen LogP contribution in [-0.4, -0.2) is 27.8 Å². The van der Waals surface area contributed by atoms with E-state index < -0.39 is 28.9 Å². The molecule has 25 heavy (non-hydrogen) atoms. The normalized spacial score (nSPS) is 11.8. The predicted octanol–water partition coefficient (Wildman–Crippen LogP) is 3.43. The molecule has 0 saturated carbocycles. The molecule has 0 aliphatic rings. The van der Waals surface area contributed by atoms with E-state index in [1.807, 2.05) is 0 Å². The highest BCUT2D eigenvalue weighted by atomic mass is 35.5. The van der Waals surface area contributed by atoms with Crippen LogP contribution in [0.15, 0.2) is 30.5 Å². The Balaban J connectivity index is 0.00000312. The molecule has 1 aromatic carbocycles. The number of nitrogens with zero attached hydrogens (tertiary/aromatic N) is 2. The van der Waals surface area contributed by atoms with Gasteiger partial charge >= 0.3 is 6.18 Å². The number of amides is 1. The zero-order valence-corrected chi connectivity index (χ0v) is 15.0.